The van der Waals surface area contributed by atoms with E-state index in [0.29, 0.717) is 17.7 Å². The largest absolute Gasteiger partial charge is 0.272 e. The molecule has 1 aliphatic rings. The number of hydrogen-bond donors (Lipinski definition) is 0. The molecular weight excluding hydrogens is 328 g/mol. The van der Waals surface area contributed by atoms with Gasteiger partial charge < -0.3 is 0 Å². The van der Waals surface area contributed by atoms with E-state index in [1.807, 2.05) is 48.5 Å². The average Bonchev–Trinajstić information content (AvgIpc) is 3.09. The Morgan fingerprint density at radius 2 is 1.27 bits per heavy atom. The highest BCUT2D eigenvalue weighted by Gasteiger charge is 2.32. The van der Waals surface area contributed by atoms with Crippen molar-refractivity contribution in [1.82, 2.24) is 19.9 Å². The zero-order chi connectivity index (χ0) is 17.7. The molecule has 2 heterocycles. The van der Waals surface area contributed by atoms with Crippen molar-refractivity contribution in [3.05, 3.63) is 71.8 Å². The summed E-state index contributed by atoms with van der Waals surface area (Å²) >= 11 is 0. The van der Waals surface area contributed by atoms with Gasteiger partial charge in [-0.15, -0.1) is 0 Å². The fourth-order valence-electron chi connectivity index (χ4n) is 3.48. The summed E-state index contributed by atoms with van der Waals surface area (Å²) in [5.74, 6) is -0.535. The lowest BCUT2D eigenvalue weighted by Crippen LogP contribution is -2.42. The molecule has 5 rings (SSSR count). The monoisotopic (exact) mass is 342 g/mol. The zero-order valence-electron chi connectivity index (χ0n) is 13.8. The minimum absolute atomic E-state index is 0.226. The molecule has 126 valence electrons. The lowest BCUT2D eigenvalue weighted by molar-refractivity contribution is 0.0602. The third kappa shape index (κ3) is 2.12. The van der Waals surface area contributed by atoms with Crippen molar-refractivity contribution in [1.29, 1.82) is 0 Å². The van der Waals surface area contributed by atoms with E-state index >= 15 is 0 Å². The third-order valence-corrected chi connectivity index (χ3v) is 4.71. The smallest absolute Gasteiger partial charge is 0.261 e. The normalized spacial score (nSPS) is 13.8. The molecule has 3 aromatic carbocycles. The highest BCUT2D eigenvalue weighted by Crippen LogP contribution is 2.29. The first-order valence-corrected chi connectivity index (χ1v) is 8.40. The van der Waals surface area contributed by atoms with Gasteiger partial charge in [0.1, 0.15) is 11.0 Å². The first-order valence-electron chi connectivity index (χ1n) is 8.40. The Hall–Kier alpha value is -3.54. The molecular formula is C20H14N4O2. The Morgan fingerprint density at radius 1 is 0.692 bits per heavy atom. The number of hydrogen-bond acceptors (Lipinski definition) is 4. The number of carbonyl (C=O) groups is 2. The summed E-state index contributed by atoms with van der Waals surface area (Å²) in [7, 11) is 0. The van der Waals surface area contributed by atoms with Crippen LogP contribution in [0.4, 0.5) is 0 Å². The van der Waals surface area contributed by atoms with Crippen LogP contribution in [0.1, 0.15) is 20.7 Å². The molecule has 2 amide bonds. The molecule has 0 saturated carbocycles. The molecule has 0 atom stereocenters. The molecule has 0 unspecified atom stereocenters. The van der Waals surface area contributed by atoms with Crippen molar-refractivity contribution in [2.45, 2.75) is 6.54 Å². The summed E-state index contributed by atoms with van der Waals surface area (Å²) < 4.78 is 0. The van der Waals surface area contributed by atoms with Crippen LogP contribution in [-0.4, -0.2) is 38.3 Å². The molecule has 1 aliphatic heterocycles. The molecule has 0 bridgehead atoms. The fraction of sp³-hybridized carbons (Fsp3) is 0.100. The Balaban J connectivity index is 1.48. The predicted octanol–water partition coefficient (Wildman–Crippen LogP) is 2.88. The van der Waals surface area contributed by atoms with E-state index in [9.17, 15) is 9.59 Å². The molecule has 0 aliphatic carbocycles. The van der Waals surface area contributed by atoms with Crippen LogP contribution in [0.5, 0.6) is 0 Å². The number of nitrogens with zero attached hydrogens (tertiary/aromatic N) is 4. The number of carbonyl (C=O) groups excluding carboxylic acids is 2. The number of aromatic nitrogens is 3. The number of imide groups is 1. The molecule has 26 heavy (non-hydrogen) atoms. The standard InChI is InChI=1S/C20H14N4O2/c25-19-14-7-3-5-13-6-4-8-15(18(13)14)20(26)23(19)11-12-24-21-16-9-1-2-10-17(16)22-24/h1-10H,11-12H2. The van der Waals surface area contributed by atoms with Crippen LogP contribution < -0.4 is 0 Å². The summed E-state index contributed by atoms with van der Waals surface area (Å²) in [5.41, 5.74) is 2.71. The molecule has 6 nitrogen and oxygen atoms in total. The van der Waals surface area contributed by atoms with Gasteiger partial charge in [-0.3, -0.25) is 14.5 Å². The summed E-state index contributed by atoms with van der Waals surface area (Å²) in [4.78, 5) is 28.5. The predicted molar refractivity (Wildman–Crippen MR) is 96.8 cm³/mol. The molecule has 0 saturated heterocycles. The van der Waals surface area contributed by atoms with E-state index in [4.69, 9.17) is 0 Å². The van der Waals surface area contributed by atoms with Gasteiger partial charge in [0.15, 0.2) is 0 Å². The second-order valence-electron chi connectivity index (χ2n) is 6.26. The van der Waals surface area contributed by atoms with E-state index in [1.165, 1.54) is 9.70 Å². The number of benzene rings is 3. The minimum atomic E-state index is -0.268. The van der Waals surface area contributed by atoms with Gasteiger partial charge in [-0.2, -0.15) is 15.0 Å². The molecule has 0 N–H and O–H groups in total. The van der Waals surface area contributed by atoms with Crippen molar-refractivity contribution in [2.75, 3.05) is 6.54 Å². The Labute approximate surface area is 148 Å². The summed E-state index contributed by atoms with van der Waals surface area (Å²) in [5, 5.41) is 10.4. The molecule has 0 fully saturated rings. The Morgan fingerprint density at radius 3 is 1.85 bits per heavy atom. The van der Waals surface area contributed by atoms with E-state index in [1.54, 1.807) is 12.1 Å². The van der Waals surface area contributed by atoms with Crippen molar-refractivity contribution in [3.8, 4) is 0 Å². The maximum absolute atomic E-state index is 12.9. The van der Waals surface area contributed by atoms with Crippen LogP contribution in [0.3, 0.4) is 0 Å². The van der Waals surface area contributed by atoms with Crippen molar-refractivity contribution in [3.63, 3.8) is 0 Å². The van der Waals surface area contributed by atoms with Gasteiger partial charge in [0.25, 0.3) is 11.8 Å². The number of amides is 2. The van der Waals surface area contributed by atoms with Gasteiger partial charge in [0, 0.05) is 16.5 Å². The zero-order valence-corrected chi connectivity index (χ0v) is 13.8. The van der Waals surface area contributed by atoms with Crippen LogP contribution in [0.25, 0.3) is 21.8 Å². The van der Waals surface area contributed by atoms with E-state index < -0.39 is 0 Å². The lowest BCUT2D eigenvalue weighted by atomic mass is 9.94. The van der Waals surface area contributed by atoms with Gasteiger partial charge in [-0.1, -0.05) is 36.4 Å². The third-order valence-electron chi connectivity index (χ3n) is 4.71. The van der Waals surface area contributed by atoms with Crippen LogP contribution in [0.15, 0.2) is 60.7 Å². The first-order chi connectivity index (χ1) is 12.7. The first kappa shape index (κ1) is 14.8. The maximum Gasteiger partial charge on any atom is 0.261 e. The highest BCUT2D eigenvalue weighted by molar-refractivity contribution is 6.25. The van der Waals surface area contributed by atoms with Crippen molar-refractivity contribution in [2.24, 2.45) is 0 Å². The van der Waals surface area contributed by atoms with Crippen LogP contribution in [-0.2, 0) is 6.54 Å². The van der Waals surface area contributed by atoms with Gasteiger partial charge in [-0.05, 0) is 29.7 Å². The highest BCUT2D eigenvalue weighted by atomic mass is 16.2. The lowest BCUT2D eigenvalue weighted by Gasteiger charge is -2.26. The van der Waals surface area contributed by atoms with Crippen LogP contribution in [0.2, 0.25) is 0 Å². The second-order valence-corrected chi connectivity index (χ2v) is 6.26. The van der Waals surface area contributed by atoms with Crippen molar-refractivity contribution >= 4 is 33.6 Å². The number of fused-ring (bicyclic) bond motifs is 1. The minimum Gasteiger partial charge on any atom is -0.272 e. The molecule has 0 radical (unpaired) electrons. The van der Waals surface area contributed by atoms with Gasteiger partial charge in [0.2, 0.25) is 0 Å². The molecule has 0 spiro atoms. The molecule has 4 aromatic rings. The fourth-order valence-corrected chi connectivity index (χ4v) is 3.48. The van der Waals surface area contributed by atoms with Gasteiger partial charge in [-0.25, -0.2) is 0 Å². The molecule has 6 heteroatoms. The number of rotatable bonds is 3. The topological polar surface area (TPSA) is 68.1 Å². The summed E-state index contributed by atoms with van der Waals surface area (Å²) in [6.07, 6.45) is 0. The van der Waals surface area contributed by atoms with Crippen LogP contribution >= 0.6 is 0 Å². The van der Waals surface area contributed by atoms with E-state index in [-0.39, 0.29) is 18.4 Å². The van der Waals surface area contributed by atoms with Gasteiger partial charge >= 0.3 is 0 Å². The quantitative estimate of drug-likeness (QED) is 0.537. The van der Waals surface area contributed by atoms with E-state index in [2.05, 4.69) is 10.2 Å². The second kappa shape index (κ2) is 5.49. The maximum atomic E-state index is 12.9. The molecule has 1 aromatic heterocycles. The van der Waals surface area contributed by atoms with Crippen molar-refractivity contribution < 1.29 is 9.59 Å². The summed E-state index contributed by atoms with van der Waals surface area (Å²) in [6, 6.07) is 18.6. The Bertz CT molecular complexity index is 1110. The van der Waals surface area contributed by atoms with Crippen LogP contribution in [0, 0.1) is 0 Å². The average molecular weight is 342 g/mol. The summed E-state index contributed by atoms with van der Waals surface area (Å²) in [6.45, 7) is 0.577. The van der Waals surface area contributed by atoms with Gasteiger partial charge in [0.05, 0.1) is 13.1 Å². The SMILES string of the molecule is O=C1c2cccc3cccc(c23)C(=O)N1CCn1nc2ccccc2n1. The Kier molecular flexibility index (Phi) is 3.12. The van der Waals surface area contributed by atoms with E-state index in [0.717, 1.165) is 21.8 Å².